The monoisotopic (exact) mass is 463 g/mol. The van der Waals surface area contributed by atoms with E-state index in [0.29, 0.717) is 40.7 Å². The van der Waals surface area contributed by atoms with Gasteiger partial charge in [0.2, 0.25) is 11.8 Å². The fraction of sp³-hybridized carbons (Fsp3) is 0.385. The van der Waals surface area contributed by atoms with Gasteiger partial charge in [0.15, 0.2) is 0 Å². The number of amides is 4. The lowest BCUT2D eigenvalue weighted by molar-refractivity contribution is -0.127. The molecule has 34 heavy (non-hydrogen) atoms. The number of nitrogens with one attached hydrogen (secondary N) is 1. The summed E-state index contributed by atoms with van der Waals surface area (Å²) >= 11 is 0. The Morgan fingerprint density at radius 2 is 1.68 bits per heavy atom. The molecule has 0 unspecified atom stereocenters. The van der Waals surface area contributed by atoms with Crippen molar-refractivity contribution in [3.63, 3.8) is 0 Å². The molecule has 0 spiro atoms. The molecular formula is C26H29N3O5. The molecule has 0 saturated heterocycles. The minimum atomic E-state index is -0.690. The first-order valence-electron chi connectivity index (χ1n) is 11.4. The Balaban J connectivity index is 1.54. The van der Waals surface area contributed by atoms with Crippen LogP contribution in [0.1, 0.15) is 54.8 Å². The molecule has 0 radical (unpaired) electrons. The number of carbonyl (C=O) groups is 4. The summed E-state index contributed by atoms with van der Waals surface area (Å²) in [5, 5.41) is 2.75. The van der Waals surface area contributed by atoms with E-state index in [4.69, 9.17) is 4.74 Å². The SMILES string of the molecule is CC(C)CCN1C(=O)C(C)(C)COc2ccc(NC(=O)CN3C(=O)c4ccccc4C3=O)cc21. The van der Waals surface area contributed by atoms with Gasteiger partial charge >= 0.3 is 0 Å². The fourth-order valence-electron chi connectivity index (χ4n) is 4.06. The van der Waals surface area contributed by atoms with Gasteiger partial charge in [-0.2, -0.15) is 0 Å². The van der Waals surface area contributed by atoms with Crippen molar-refractivity contribution in [2.45, 2.75) is 34.1 Å². The van der Waals surface area contributed by atoms with Gasteiger partial charge in [-0.05, 0) is 56.5 Å². The Labute approximate surface area is 198 Å². The van der Waals surface area contributed by atoms with Gasteiger partial charge in [0.25, 0.3) is 11.8 Å². The Kier molecular flexibility index (Phi) is 6.17. The van der Waals surface area contributed by atoms with Crippen LogP contribution in [0.2, 0.25) is 0 Å². The maximum Gasteiger partial charge on any atom is 0.262 e. The maximum atomic E-state index is 13.3. The number of benzene rings is 2. The molecule has 0 fully saturated rings. The minimum Gasteiger partial charge on any atom is -0.490 e. The second-order valence-corrected chi connectivity index (χ2v) is 9.78. The van der Waals surface area contributed by atoms with Crippen molar-refractivity contribution in [3.05, 3.63) is 53.6 Å². The highest BCUT2D eigenvalue weighted by Crippen LogP contribution is 2.38. The minimum absolute atomic E-state index is 0.0404. The van der Waals surface area contributed by atoms with Crippen LogP contribution in [0.4, 0.5) is 11.4 Å². The van der Waals surface area contributed by atoms with Gasteiger partial charge in [-0.15, -0.1) is 0 Å². The summed E-state index contributed by atoms with van der Waals surface area (Å²) in [7, 11) is 0. The third-order valence-corrected chi connectivity index (χ3v) is 6.06. The average Bonchev–Trinajstić information content (AvgIpc) is 2.97. The van der Waals surface area contributed by atoms with Gasteiger partial charge in [0.1, 0.15) is 18.9 Å². The first-order chi connectivity index (χ1) is 16.1. The number of hydrogen-bond acceptors (Lipinski definition) is 5. The second kappa shape index (κ2) is 8.93. The zero-order valence-electron chi connectivity index (χ0n) is 19.9. The summed E-state index contributed by atoms with van der Waals surface area (Å²) in [6.45, 7) is 8.29. The van der Waals surface area contributed by atoms with Crippen molar-refractivity contribution in [2.75, 3.05) is 29.9 Å². The van der Waals surface area contributed by atoms with Gasteiger partial charge in [0.05, 0.1) is 22.2 Å². The van der Waals surface area contributed by atoms with Crippen molar-refractivity contribution in [3.8, 4) is 5.75 Å². The molecule has 4 amide bonds. The highest BCUT2D eigenvalue weighted by molar-refractivity contribution is 6.22. The molecule has 0 saturated carbocycles. The van der Waals surface area contributed by atoms with Crippen LogP contribution in [0.3, 0.4) is 0 Å². The summed E-state index contributed by atoms with van der Waals surface area (Å²) < 4.78 is 5.93. The normalized spacial score (nSPS) is 16.8. The molecule has 2 heterocycles. The van der Waals surface area contributed by atoms with E-state index in [1.165, 1.54) is 0 Å². The number of nitrogens with zero attached hydrogens (tertiary/aromatic N) is 2. The van der Waals surface area contributed by atoms with E-state index in [2.05, 4.69) is 19.2 Å². The second-order valence-electron chi connectivity index (χ2n) is 9.78. The smallest absolute Gasteiger partial charge is 0.262 e. The van der Waals surface area contributed by atoms with Crippen LogP contribution < -0.4 is 15.0 Å². The van der Waals surface area contributed by atoms with Gasteiger partial charge in [-0.3, -0.25) is 24.1 Å². The topological polar surface area (TPSA) is 96.0 Å². The molecule has 0 bridgehead atoms. The fourth-order valence-corrected chi connectivity index (χ4v) is 4.06. The number of fused-ring (bicyclic) bond motifs is 2. The Morgan fingerprint density at radius 3 is 2.29 bits per heavy atom. The predicted molar refractivity (Wildman–Crippen MR) is 128 cm³/mol. The van der Waals surface area contributed by atoms with Crippen molar-refractivity contribution >= 4 is 35.0 Å². The van der Waals surface area contributed by atoms with E-state index in [0.717, 1.165) is 11.3 Å². The summed E-state index contributed by atoms with van der Waals surface area (Å²) in [5.41, 5.74) is 0.944. The molecule has 2 aliphatic rings. The molecule has 8 heteroatoms. The molecule has 0 atom stereocenters. The van der Waals surface area contributed by atoms with Crippen molar-refractivity contribution in [2.24, 2.45) is 11.3 Å². The van der Waals surface area contributed by atoms with E-state index >= 15 is 0 Å². The molecule has 2 aliphatic heterocycles. The maximum absolute atomic E-state index is 13.3. The molecule has 178 valence electrons. The summed E-state index contributed by atoms with van der Waals surface area (Å²) in [6, 6.07) is 11.6. The van der Waals surface area contributed by atoms with Crippen LogP contribution in [0.25, 0.3) is 0 Å². The van der Waals surface area contributed by atoms with Crippen LogP contribution in [0, 0.1) is 11.3 Å². The zero-order chi connectivity index (χ0) is 24.6. The Hall–Kier alpha value is -3.68. The highest BCUT2D eigenvalue weighted by atomic mass is 16.5. The number of rotatable bonds is 6. The molecule has 0 aromatic heterocycles. The van der Waals surface area contributed by atoms with Crippen molar-refractivity contribution < 1.29 is 23.9 Å². The number of anilines is 2. The summed E-state index contributed by atoms with van der Waals surface area (Å²) in [5.74, 6) is -0.546. The van der Waals surface area contributed by atoms with Crippen molar-refractivity contribution in [1.82, 2.24) is 4.90 Å². The number of imide groups is 1. The van der Waals surface area contributed by atoms with E-state index in [-0.39, 0.29) is 12.5 Å². The molecule has 4 rings (SSSR count). The van der Waals surface area contributed by atoms with Crippen LogP contribution in [0.5, 0.6) is 5.75 Å². The third kappa shape index (κ3) is 4.40. The zero-order valence-corrected chi connectivity index (χ0v) is 19.9. The van der Waals surface area contributed by atoms with Crippen LogP contribution in [-0.4, -0.2) is 48.2 Å². The number of carbonyl (C=O) groups excluding carboxylic acids is 4. The molecule has 0 aliphatic carbocycles. The van der Waals surface area contributed by atoms with E-state index in [1.807, 2.05) is 13.8 Å². The molecule has 2 aromatic rings. The van der Waals surface area contributed by atoms with Crippen LogP contribution >= 0.6 is 0 Å². The Morgan fingerprint density at radius 1 is 1.03 bits per heavy atom. The number of hydrogen-bond donors (Lipinski definition) is 1. The standard InChI is InChI=1S/C26H29N3O5/c1-16(2)11-12-28-20-13-17(9-10-21(20)34-15-26(3,4)25(28)33)27-22(30)14-29-23(31)18-7-5-6-8-19(18)24(29)32/h5-10,13,16H,11-12,14-15H2,1-4H3,(H,27,30). The first-order valence-corrected chi connectivity index (χ1v) is 11.4. The lowest BCUT2D eigenvalue weighted by Gasteiger charge is -2.28. The molecular weight excluding hydrogens is 434 g/mol. The van der Waals surface area contributed by atoms with E-state index < -0.39 is 29.7 Å². The average molecular weight is 464 g/mol. The molecule has 2 aromatic carbocycles. The summed E-state index contributed by atoms with van der Waals surface area (Å²) in [6.07, 6.45) is 0.817. The number of ether oxygens (including phenoxy) is 1. The van der Waals surface area contributed by atoms with Gasteiger partial charge < -0.3 is 15.0 Å². The third-order valence-electron chi connectivity index (χ3n) is 6.06. The van der Waals surface area contributed by atoms with Gasteiger partial charge in [-0.1, -0.05) is 26.0 Å². The van der Waals surface area contributed by atoms with Crippen molar-refractivity contribution in [1.29, 1.82) is 0 Å². The molecule has 8 nitrogen and oxygen atoms in total. The highest BCUT2D eigenvalue weighted by Gasteiger charge is 2.38. The van der Waals surface area contributed by atoms with Crippen LogP contribution in [-0.2, 0) is 9.59 Å². The molecule has 1 N–H and O–H groups in total. The van der Waals surface area contributed by atoms with Crippen LogP contribution in [0.15, 0.2) is 42.5 Å². The van der Waals surface area contributed by atoms with E-state index in [9.17, 15) is 19.2 Å². The first kappa shape index (κ1) is 23.5. The van der Waals surface area contributed by atoms with Gasteiger partial charge in [0, 0.05) is 12.2 Å². The van der Waals surface area contributed by atoms with E-state index in [1.54, 1.807) is 47.4 Å². The van der Waals surface area contributed by atoms with Gasteiger partial charge in [-0.25, -0.2) is 0 Å². The Bertz CT molecular complexity index is 1140. The predicted octanol–water partition coefficient (Wildman–Crippen LogP) is 3.72. The lowest BCUT2D eigenvalue weighted by atomic mass is 9.92. The summed E-state index contributed by atoms with van der Waals surface area (Å²) in [4.78, 5) is 53.8. The quantitative estimate of drug-likeness (QED) is 0.659. The largest absolute Gasteiger partial charge is 0.490 e. The lowest BCUT2D eigenvalue weighted by Crippen LogP contribution is -2.43.